The fourth-order valence-electron chi connectivity index (χ4n) is 2.16. The molecule has 1 heterocycles. The molecule has 0 spiro atoms. The predicted molar refractivity (Wildman–Crippen MR) is 101 cm³/mol. The van der Waals surface area contributed by atoms with Gasteiger partial charge in [-0.15, -0.1) is 0 Å². The van der Waals surface area contributed by atoms with E-state index in [-0.39, 0.29) is 23.0 Å². The number of hydrogen-bond acceptors (Lipinski definition) is 6. The second-order valence-corrected chi connectivity index (χ2v) is 6.30. The second-order valence-electron chi connectivity index (χ2n) is 5.45. The van der Waals surface area contributed by atoms with E-state index in [9.17, 15) is 14.4 Å². The van der Waals surface area contributed by atoms with Crippen molar-refractivity contribution in [3.8, 4) is 5.75 Å². The normalized spacial score (nSPS) is 10.2. The standard InChI is InChI=1S/C18H16Cl2N2O5/c1-10(23)11-3-4-15(26-2)12(5-11)6-17(25)27-9-16(24)22-18-14(20)7-13(19)8-21-18/h3-5,7-8H,6,9H2,1-2H3,(H,21,22,24). The van der Waals surface area contributed by atoms with Crippen molar-refractivity contribution >= 4 is 46.7 Å². The third kappa shape index (κ3) is 5.94. The van der Waals surface area contributed by atoms with E-state index in [2.05, 4.69) is 10.3 Å². The number of ether oxygens (including phenoxy) is 2. The molecule has 2 aromatic rings. The number of pyridine rings is 1. The van der Waals surface area contributed by atoms with Gasteiger partial charge in [-0.3, -0.25) is 14.4 Å². The van der Waals surface area contributed by atoms with E-state index in [4.69, 9.17) is 32.7 Å². The number of amides is 1. The van der Waals surface area contributed by atoms with Crippen molar-refractivity contribution in [3.63, 3.8) is 0 Å². The largest absolute Gasteiger partial charge is 0.496 e. The number of hydrogen-bond donors (Lipinski definition) is 1. The summed E-state index contributed by atoms with van der Waals surface area (Å²) in [6.45, 7) is 0.901. The van der Waals surface area contributed by atoms with Crippen LogP contribution < -0.4 is 10.1 Å². The number of nitrogens with zero attached hydrogens (tertiary/aromatic N) is 1. The molecule has 1 aromatic carbocycles. The van der Waals surface area contributed by atoms with Crippen molar-refractivity contribution in [1.82, 2.24) is 4.98 Å². The molecule has 7 nitrogen and oxygen atoms in total. The lowest BCUT2D eigenvalue weighted by atomic mass is 10.0. The zero-order valence-corrected chi connectivity index (χ0v) is 16.1. The number of methoxy groups -OCH3 is 1. The maximum atomic E-state index is 12.0. The van der Waals surface area contributed by atoms with Crippen molar-refractivity contribution in [2.75, 3.05) is 19.0 Å². The lowest BCUT2D eigenvalue weighted by molar-refractivity contribution is -0.146. The molecule has 0 fully saturated rings. The molecule has 142 valence electrons. The third-order valence-corrected chi connectivity index (χ3v) is 3.95. The number of carbonyl (C=O) groups excluding carboxylic acids is 3. The summed E-state index contributed by atoms with van der Waals surface area (Å²) in [6.07, 6.45) is 1.17. The van der Waals surface area contributed by atoms with Gasteiger partial charge >= 0.3 is 5.97 Å². The van der Waals surface area contributed by atoms with Crippen LogP contribution in [0.4, 0.5) is 5.82 Å². The van der Waals surface area contributed by atoms with Crippen LogP contribution in [0.2, 0.25) is 10.0 Å². The molecule has 0 aliphatic carbocycles. The highest BCUT2D eigenvalue weighted by molar-refractivity contribution is 6.36. The van der Waals surface area contributed by atoms with E-state index in [1.165, 1.54) is 26.3 Å². The van der Waals surface area contributed by atoms with Gasteiger partial charge in [-0.25, -0.2) is 4.98 Å². The Morgan fingerprint density at radius 3 is 2.56 bits per heavy atom. The number of rotatable bonds is 7. The molecule has 0 unspecified atom stereocenters. The van der Waals surface area contributed by atoms with Crippen molar-refractivity contribution in [1.29, 1.82) is 0 Å². The van der Waals surface area contributed by atoms with E-state index in [0.29, 0.717) is 21.9 Å². The minimum Gasteiger partial charge on any atom is -0.496 e. The molecule has 0 aliphatic heterocycles. The maximum absolute atomic E-state index is 12.0. The Balaban J connectivity index is 1.95. The van der Waals surface area contributed by atoms with Crippen molar-refractivity contribution in [2.24, 2.45) is 0 Å². The first kappa shape index (κ1) is 20.7. The number of nitrogens with one attached hydrogen (secondary N) is 1. The third-order valence-electron chi connectivity index (χ3n) is 3.45. The SMILES string of the molecule is COc1ccc(C(C)=O)cc1CC(=O)OCC(=O)Nc1ncc(Cl)cc1Cl. The number of carbonyl (C=O) groups is 3. The average Bonchev–Trinajstić information content (AvgIpc) is 2.62. The number of halogens is 2. The number of ketones is 1. The first-order valence-corrected chi connectivity index (χ1v) is 8.50. The Labute approximate surface area is 165 Å². The van der Waals surface area contributed by atoms with Gasteiger partial charge in [0.05, 0.1) is 23.6 Å². The fraction of sp³-hybridized carbons (Fsp3) is 0.222. The first-order valence-electron chi connectivity index (χ1n) is 7.74. The Morgan fingerprint density at radius 1 is 1.19 bits per heavy atom. The van der Waals surface area contributed by atoms with Gasteiger partial charge in [-0.1, -0.05) is 23.2 Å². The molecule has 1 amide bonds. The highest BCUT2D eigenvalue weighted by Gasteiger charge is 2.15. The molecule has 0 atom stereocenters. The maximum Gasteiger partial charge on any atom is 0.310 e. The lowest BCUT2D eigenvalue weighted by Gasteiger charge is -2.10. The summed E-state index contributed by atoms with van der Waals surface area (Å²) in [4.78, 5) is 39.3. The molecule has 0 saturated carbocycles. The van der Waals surface area contributed by atoms with Crippen LogP contribution in [0, 0.1) is 0 Å². The quantitative estimate of drug-likeness (QED) is 0.555. The summed E-state index contributed by atoms with van der Waals surface area (Å²) >= 11 is 11.6. The summed E-state index contributed by atoms with van der Waals surface area (Å²) in [5.74, 6) is -0.848. The number of anilines is 1. The van der Waals surface area contributed by atoms with Crippen molar-refractivity contribution in [2.45, 2.75) is 13.3 Å². The summed E-state index contributed by atoms with van der Waals surface area (Å²) in [6, 6.07) is 6.18. The molecule has 1 N–H and O–H groups in total. The van der Waals surface area contributed by atoms with Crippen LogP contribution in [-0.2, 0) is 20.7 Å². The van der Waals surface area contributed by atoms with Crippen LogP contribution in [0.25, 0.3) is 0 Å². The van der Waals surface area contributed by atoms with Gasteiger partial charge in [0.25, 0.3) is 5.91 Å². The van der Waals surface area contributed by atoms with Gasteiger partial charge in [0, 0.05) is 17.3 Å². The molecule has 0 aliphatic rings. The average molecular weight is 411 g/mol. The van der Waals surface area contributed by atoms with Gasteiger partial charge in [0.1, 0.15) is 5.75 Å². The number of Topliss-reactive ketones (excluding diaryl/α,β-unsaturated/α-hetero) is 1. The van der Waals surface area contributed by atoms with Crippen LogP contribution in [0.3, 0.4) is 0 Å². The van der Waals surface area contributed by atoms with Gasteiger partial charge in [-0.2, -0.15) is 0 Å². The molecule has 2 rings (SSSR count). The Bertz CT molecular complexity index is 886. The van der Waals surface area contributed by atoms with Gasteiger partial charge in [0.2, 0.25) is 0 Å². The molecule has 0 radical (unpaired) electrons. The molecular formula is C18H16Cl2N2O5. The molecule has 27 heavy (non-hydrogen) atoms. The first-order chi connectivity index (χ1) is 12.8. The van der Waals surface area contributed by atoms with Crippen LogP contribution in [0.5, 0.6) is 5.75 Å². The molecular weight excluding hydrogens is 395 g/mol. The summed E-state index contributed by atoms with van der Waals surface area (Å²) in [5.41, 5.74) is 0.929. The fourth-order valence-corrected chi connectivity index (χ4v) is 2.59. The highest BCUT2D eigenvalue weighted by atomic mass is 35.5. The molecule has 0 saturated heterocycles. The smallest absolute Gasteiger partial charge is 0.310 e. The zero-order chi connectivity index (χ0) is 20.0. The number of esters is 1. The Morgan fingerprint density at radius 2 is 1.93 bits per heavy atom. The van der Waals surface area contributed by atoms with E-state index >= 15 is 0 Å². The Kier molecular flexibility index (Phi) is 7.15. The lowest BCUT2D eigenvalue weighted by Crippen LogP contribution is -2.22. The second kappa shape index (κ2) is 9.34. The minimum absolute atomic E-state index is 0.109. The van der Waals surface area contributed by atoms with Gasteiger partial charge < -0.3 is 14.8 Å². The minimum atomic E-state index is -0.653. The monoisotopic (exact) mass is 410 g/mol. The number of benzene rings is 1. The molecule has 9 heteroatoms. The van der Waals surface area contributed by atoms with E-state index in [1.54, 1.807) is 18.2 Å². The van der Waals surface area contributed by atoms with Crippen LogP contribution >= 0.6 is 23.2 Å². The van der Waals surface area contributed by atoms with E-state index in [0.717, 1.165) is 0 Å². The van der Waals surface area contributed by atoms with E-state index < -0.39 is 18.5 Å². The predicted octanol–water partition coefficient (Wildman–Crippen LogP) is 3.32. The van der Waals surface area contributed by atoms with Gasteiger partial charge in [0.15, 0.2) is 18.2 Å². The highest BCUT2D eigenvalue weighted by Crippen LogP contribution is 2.23. The Hall–Kier alpha value is -2.64. The molecule has 1 aromatic heterocycles. The summed E-state index contributed by atoms with van der Waals surface area (Å²) in [7, 11) is 1.45. The van der Waals surface area contributed by atoms with Crippen molar-refractivity contribution in [3.05, 3.63) is 51.6 Å². The zero-order valence-electron chi connectivity index (χ0n) is 14.5. The topological polar surface area (TPSA) is 94.6 Å². The van der Waals surface area contributed by atoms with E-state index in [1.807, 2.05) is 0 Å². The molecule has 0 bridgehead atoms. The summed E-state index contributed by atoms with van der Waals surface area (Å²) in [5, 5.41) is 2.90. The summed E-state index contributed by atoms with van der Waals surface area (Å²) < 4.78 is 10.1. The number of aromatic nitrogens is 1. The van der Waals surface area contributed by atoms with Crippen LogP contribution in [-0.4, -0.2) is 36.4 Å². The van der Waals surface area contributed by atoms with Crippen molar-refractivity contribution < 1.29 is 23.9 Å². The van der Waals surface area contributed by atoms with Gasteiger partial charge in [-0.05, 0) is 31.2 Å². The van der Waals surface area contributed by atoms with Crippen LogP contribution in [0.15, 0.2) is 30.5 Å². The van der Waals surface area contributed by atoms with Crippen LogP contribution in [0.1, 0.15) is 22.8 Å².